The van der Waals surface area contributed by atoms with E-state index < -0.39 is 0 Å². The molecule has 0 radical (unpaired) electrons. The normalized spacial score (nSPS) is 11.2. The van der Waals surface area contributed by atoms with Crippen LogP contribution in [-0.2, 0) is 19.5 Å². The standard InChI is InChI=1S/C17H22N6OS.HI/c1-4-15(24-12-1)6-8-19-17(20-14-16-5-2-13-25-16)18-7-3-10-23-11-9-21-22-23;/h1-2,4-5,9,11-13H,3,6-8,10,14H2,(H2,18,19,20);1H. The van der Waals surface area contributed by atoms with Crippen molar-refractivity contribution >= 4 is 41.3 Å². The third kappa shape index (κ3) is 7.16. The summed E-state index contributed by atoms with van der Waals surface area (Å²) in [5.74, 6) is 1.79. The van der Waals surface area contributed by atoms with Gasteiger partial charge in [0.05, 0.1) is 19.0 Å². The first-order valence-electron chi connectivity index (χ1n) is 8.31. The van der Waals surface area contributed by atoms with E-state index in [2.05, 4.69) is 37.4 Å². The maximum absolute atomic E-state index is 5.36. The molecule has 0 aliphatic heterocycles. The van der Waals surface area contributed by atoms with Gasteiger partial charge in [-0.2, -0.15) is 0 Å². The van der Waals surface area contributed by atoms with Gasteiger partial charge in [0, 0.05) is 37.1 Å². The summed E-state index contributed by atoms with van der Waals surface area (Å²) < 4.78 is 7.19. The van der Waals surface area contributed by atoms with Crippen LogP contribution in [0, 0.1) is 0 Å². The second-order valence-electron chi connectivity index (χ2n) is 5.45. The number of nitrogens with zero attached hydrogens (tertiary/aromatic N) is 4. The summed E-state index contributed by atoms with van der Waals surface area (Å²) in [6.07, 6.45) is 7.03. The summed E-state index contributed by atoms with van der Waals surface area (Å²) >= 11 is 1.72. The number of guanidine groups is 1. The Hall–Kier alpha value is -1.88. The second-order valence-corrected chi connectivity index (χ2v) is 6.48. The molecule has 3 heterocycles. The van der Waals surface area contributed by atoms with Crippen molar-refractivity contribution in [1.29, 1.82) is 0 Å². The molecule has 140 valence electrons. The Morgan fingerprint density at radius 3 is 2.88 bits per heavy atom. The van der Waals surface area contributed by atoms with Crippen molar-refractivity contribution in [3.8, 4) is 0 Å². The fraction of sp³-hybridized carbons (Fsp3) is 0.353. The number of thiophene rings is 1. The van der Waals surface area contributed by atoms with Gasteiger partial charge in [0.15, 0.2) is 5.96 Å². The van der Waals surface area contributed by atoms with Crippen LogP contribution in [0.2, 0.25) is 0 Å². The van der Waals surface area contributed by atoms with Crippen molar-refractivity contribution in [3.05, 3.63) is 58.9 Å². The van der Waals surface area contributed by atoms with Crippen LogP contribution < -0.4 is 10.6 Å². The van der Waals surface area contributed by atoms with Gasteiger partial charge in [-0.15, -0.1) is 40.4 Å². The van der Waals surface area contributed by atoms with Gasteiger partial charge in [0.2, 0.25) is 0 Å². The molecule has 26 heavy (non-hydrogen) atoms. The molecule has 0 unspecified atom stereocenters. The van der Waals surface area contributed by atoms with Crippen molar-refractivity contribution in [2.75, 3.05) is 13.1 Å². The number of nitrogens with one attached hydrogen (secondary N) is 2. The zero-order chi connectivity index (χ0) is 17.2. The van der Waals surface area contributed by atoms with E-state index in [-0.39, 0.29) is 24.0 Å². The number of aliphatic imine (C=N–C) groups is 1. The summed E-state index contributed by atoms with van der Waals surface area (Å²) in [5, 5.41) is 16.6. The zero-order valence-corrected chi connectivity index (χ0v) is 17.5. The summed E-state index contributed by atoms with van der Waals surface area (Å²) in [5.41, 5.74) is 0. The highest BCUT2D eigenvalue weighted by atomic mass is 127. The number of aromatic nitrogens is 3. The fourth-order valence-corrected chi connectivity index (χ4v) is 2.92. The van der Waals surface area contributed by atoms with E-state index in [1.54, 1.807) is 23.8 Å². The molecule has 0 fully saturated rings. The number of hydrogen-bond acceptors (Lipinski definition) is 5. The van der Waals surface area contributed by atoms with Gasteiger partial charge in [-0.3, -0.25) is 4.68 Å². The summed E-state index contributed by atoms with van der Waals surface area (Å²) in [6, 6.07) is 8.03. The van der Waals surface area contributed by atoms with Gasteiger partial charge < -0.3 is 15.1 Å². The van der Waals surface area contributed by atoms with Crippen molar-refractivity contribution in [2.45, 2.75) is 25.9 Å². The van der Waals surface area contributed by atoms with Crippen LogP contribution in [-0.4, -0.2) is 34.0 Å². The zero-order valence-electron chi connectivity index (χ0n) is 14.4. The average molecular weight is 486 g/mol. The molecule has 0 atom stereocenters. The lowest BCUT2D eigenvalue weighted by atomic mass is 10.3. The molecule has 0 bridgehead atoms. The molecule has 9 heteroatoms. The first-order valence-corrected chi connectivity index (χ1v) is 9.19. The van der Waals surface area contributed by atoms with Gasteiger partial charge in [-0.05, 0) is 30.0 Å². The maximum Gasteiger partial charge on any atom is 0.191 e. The van der Waals surface area contributed by atoms with E-state index in [0.29, 0.717) is 6.54 Å². The number of hydrogen-bond donors (Lipinski definition) is 2. The molecule has 7 nitrogen and oxygen atoms in total. The highest BCUT2D eigenvalue weighted by Crippen LogP contribution is 2.09. The predicted molar refractivity (Wildman–Crippen MR) is 114 cm³/mol. The van der Waals surface area contributed by atoms with Crippen LogP contribution in [0.25, 0.3) is 0 Å². The molecule has 3 aromatic heterocycles. The van der Waals surface area contributed by atoms with Gasteiger partial charge in [0.25, 0.3) is 0 Å². The molecule has 0 aromatic carbocycles. The highest BCUT2D eigenvalue weighted by molar-refractivity contribution is 14.0. The summed E-state index contributed by atoms with van der Waals surface area (Å²) in [4.78, 5) is 5.90. The first-order chi connectivity index (χ1) is 12.4. The molecule has 3 rings (SSSR count). The van der Waals surface area contributed by atoms with Crippen molar-refractivity contribution in [2.24, 2.45) is 4.99 Å². The molecule has 0 aliphatic carbocycles. The highest BCUT2D eigenvalue weighted by Gasteiger charge is 2.01. The summed E-state index contributed by atoms with van der Waals surface area (Å²) in [7, 11) is 0. The SMILES string of the molecule is I.c1coc(CCNC(=NCc2cccs2)NCCCn2ccnn2)c1. The molecule has 0 saturated carbocycles. The van der Waals surface area contributed by atoms with Gasteiger partial charge in [-0.1, -0.05) is 11.3 Å². The maximum atomic E-state index is 5.36. The molecule has 0 amide bonds. The quantitative estimate of drug-likeness (QED) is 0.211. The lowest BCUT2D eigenvalue weighted by molar-refractivity contribution is 0.506. The largest absolute Gasteiger partial charge is 0.469 e. The van der Waals surface area contributed by atoms with Gasteiger partial charge in [0.1, 0.15) is 5.76 Å². The average Bonchev–Trinajstić information content (AvgIpc) is 3.39. The lowest BCUT2D eigenvalue weighted by Crippen LogP contribution is -2.39. The number of aryl methyl sites for hydroxylation is 1. The predicted octanol–water partition coefficient (Wildman–Crippen LogP) is 2.92. The molecule has 0 spiro atoms. The molecule has 0 aliphatic rings. The third-order valence-corrected chi connectivity index (χ3v) is 4.41. The minimum absolute atomic E-state index is 0. The molecule has 2 N–H and O–H groups in total. The fourth-order valence-electron chi connectivity index (χ4n) is 2.29. The minimum atomic E-state index is 0. The third-order valence-electron chi connectivity index (χ3n) is 3.55. The minimum Gasteiger partial charge on any atom is -0.469 e. The van der Waals surface area contributed by atoms with E-state index in [4.69, 9.17) is 4.42 Å². The van der Waals surface area contributed by atoms with Crippen molar-refractivity contribution < 1.29 is 4.42 Å². The van der Waals surface area contributed by atoms with Crippen LogP contribution in [0.15, 0.2) is 57.7 Å². The molecule has 0 saturated heterocycles. The Bertz CT molecular complexity index is 728. The van der Waals surface area contributed by atoms with Crippen molar-refractivity contribution in [3.63, 3.8) is 0 Å². The van der Waals surface area contributed by atoms with Crippen molar-refractivity contribution in [1.82, 2.24) is 25.6 Å². The Labute approximate surface area is 173 Å². The monoisotopic (exact) mass is 486 g/mol. The summed E-state index contributed by atoms with van der Waals surface area (Å²) in [6.45, 7) is 3.10. The Kier molecular flexibility index (Phi) is 9.18. The number of furan rings is 1. The topological polar surface area (TPSA) is 80.3 Å². The Morgan fingerprint density at radius 2 is 2.15 bits per heavy atom. The van der Waals surface area contributed by atoms with Crippen LogP contribution >= 0.6 is 35.3 Å². The smallest absolute Gasteiger partial charge is 0.191 e. The molecular weight excluding hydrogens is 463 g/mol. The Balaban J connectivity index is 0.00000243. The van der Waals surface area contributed by atoms with E-state index in [1.807, 2.05) is 29.1 Å². The number of halogens is 1. The van der Waals surface area contributed by atoms with Crippen LogP contribution in [0.5, 0.6) is 0 Å². The van der Waals surface area contributed by atoms with E-state index in [1.165, 1.54) is 4.88 Å². The van der Waals surface area contributed by atoms with Crippen LogP contribution in [0.4, 0.5) is 0 Å². The molecule has 3 aromatic rings. The second kappa shape index (κ2) is 11.7. The first kappa shape index (κ1) is 20.4. The Morgan fingerprint density at radius 1 is 1.23 bits per heavy atom. The van der Waals surface area contributed by atoms with E-state index >= 15 is 0 Å². The van der Waals surface area contributed by atoms with Gasteiger partial charge >= 0.3 is 0 Å². The van der Waals surface area contributed by atoms with Crippen LogP contribution in [0.3, 0.4) is 0 Å². The number of rotatable bonds is 9. The molecular formula is C17H23IN6OS. The van der Waals surface area contributed by atoms with Gasteiger partial charge in [-0.25, -0.2) is 4.99 Å². The van der Waals surface area contributed by atoms with Crippen LogP contribution in [0.1, 0.15) is 17.1 Å². The van der Waals surface area contributed by atoms with E-state index in [9.17, 15) is 0 Å². The lowest BCUT2D eigenvalue weighted by Gasteiger charge is -2.12. The van der Waals surface area contributed by atoms with E-state index in [0.717, 1.165) is 44.2 Å².